The molecule has 4 rings (SSSR count). The molecule has 0 radical (unpaired) electrons. The van der Waals surface area contributed by atoms with Crippen LogP contribution in [0.25, 0.3) is 0 Å². The minimum atomic E-state index is 0.170. The first-order chi connectivity index (χ1) is 9.93. The number of ether oxygens (including phenoxy) is 1. The molecule has 5 heteroatoms. The monoisotopic (exact) mass is 276 g/mol. The summed E-state index contributed by atoms with van der Waals surface area (Å²) in [5.41, 5.74) is 1.26. The zero-order valence-corrected chi connectivity index (χ0v) is 12.0. The van der Waals surface area contributed by atoms with E-state index in [1.54, 1.807) is 0 Å². The highest BCUT2D eigenvalue weighted by molar-refractivity contribution is 5.09. The fourth-order valence-electron chi connectivity index (χ4n) is 4.14. The van der Waals surface area contributed by atoms with Crippen molar-refractivity contribution in [3.05, 3.63) is 18.2 Å². The Morgan fingerprint density at radius 1 is 1.20 bits per heavy atom. The second kappa shape index (κ2) is 5.47. The van der Waals surface area contributed by atoms with E-state index in [0.29, 0.717) is 12.1 Å². The van der Waals surface area contributed by atoms with E-state index in [9.17, 15) is 0 Å². The number of hydrogen-bond donors (Lipinski definition) is 1. The van der Waals surface area contributed by atoms with Crippen molar-refractivity contribution < 1.29 is 4.74 Å². The smallest absolute Gasteiger partial charge is 0.111 e. The summed E-state index contributed by atoms with van der Waals surface area (Å²) in [4.78, 5) is 7.09. The molecule has 1 aromatic rings. The highest BCUT2D eigenvalue weighted by atomic mass is 16.5. The van der Waals surface area contributed by atoms with Crippen molar-refractivity contribution in [3.8, 4) is 0 Å². The molecular weight excluding hydrogens is 252 g/mol. The first-order valence-corrected chi connectivity index (χ1v) is 8.01. The molecule has 5 nitrogen and oxygen atoms in total. The van der Waals surface area contributed by atoms with Crippen LogP contribution in [0.2, 0.25) is 0 Å². The molecule has 3 saturated heterocycles. The van der Waals surface area contributed by atoms with E-state index in [1.807, 2.05) is 12.5 Å². The van der Waals surface area contributed by atoms with Gasteiger partial charge in [-0.3, -0.25) is 4.90 Å². The van der Waals surface area contributed by atoms with Gasteiger partial charge in [0.1, 0.15) is 6.10 Å². The lowest BCUT2D eigenvalue weighted by Gasteiger charge is -2.34. The van der Waals surface area contributed by atoms with Gasteiger partial charge in [-0.2, -0.15) is 0 Å². The van der Waals surface area contributed by atoms with Crippen LogP contribution < -0.4 is 5.32 Å². The quantitative estimate of drug-likeness (QED) is 0.885. The summed E-state index contributed by atoms with van der Waals surface area (Å²) in [6.07, 6.45) is 9.54. The van der Waals surface area contributed by atoms with E-state index in [2.05, 4.69) is 19.8 Å². The van der Waals surface area contributed by atoms with Crippen molar-refractivity contribution >= 4 is 0 Å². The van der Waals surface area contributed by atoms with Gasteiger partial charge in [0.05, 0.1) is 30.9 Å². The Morgan fingerprint density at radius 2 is 2.20 bits per heavy atom. The molecule has 3 aliphatic rings. The number of piperidine rings is 1. The van der Waals surface area contributed by atoms with Crippen LogP contribution in [0.5, 0.6) is 0 Å². The summed E-state index contributed by atoms with van der Waals surface area (Å²) < 4.78 is 8.33. The zero-order chi connectivity index (χ0) is 13.4. The highest BCUT2D eigenvalue weighted by Crippen LogP contribution is 2.37. The summed E-state index contributed by atoms with van der Waals surface area (Å²) in [6, 6.07) is 1.31. The summed E-state index contributed by atoms with van der Waals surface area (Å²) in [7, 11) is 0. The third kappa shape index (κ3) is 2.18. The first kappa shape index (κ1) is 12.8. The molecule has 20 heavy (non-hydrogen) atoms. The minimum absolute atomic E-state index is 0.170. The summed E-state index contributed by atoms with van der Waals surface area (Å²) in [5, 5.41) is 3.42. The molecule has 3 aliphatic heterocycles. The van der Waals surface area contributed by atoms with Crippen LogP contribution in [0.15, 0.2) is 12.5 Å². The maximum Gasteiger partial charge on any atom is 0.111 e. The number of nitrogens with zero attached hydrogens (tertiary/aromatic N) is 3. The second-order valence-corrected chi connectivity index (χ2v) is 6.24. The van der Waals surface area contributed by atoms with Gasteiger partial charge in [-0.1, -0.05) is 6.42 Å². The maximum atomic E-state index is 5.92. The molecule has 3 atom stereocenters. The Morgan fingerprint density at radius 3 is 3.10 bits per heavy atom. The van der Waals surface area contributed by atoms with Gasteiger partial charge in [0.25, 0.3) is 0 Å². The largest absolute Gasteiger partial charge is 0.369 e. The van der Waals surface area contributed by atoms with Crippen LogP contribution in [-0.2, 0) is 4.74 Å². The first-order valence-electron chi connectivity index (χ1n) is 8.01. The Hall–Kier alpha value is -0.910. The Kier molecular flexibility index (Phi) is 3.50. The summed E-state index contributed by atoms with van der Waals surface area (Å²) in [5.74, 6) is 0. The Bertz CT molecular complexity index is 454. The normalized spacial score (nSPS) is 35.1. The molecule has 1 N–H and O–H groups in total. The van der Waals surface area contributed by atoms with Crippen molar-refractivity contribution in [1.82, 2.24) is 19.8 Å². The van der Waals surface area contributed by atoms with Crippen LogP contribution in [0.4, 0.5) is 0 Å². The Balaban J connectivity index is 1.57. The number of morpholine rings is 1. The topological polar surface area (TPSA) is 42.3 Å². The molecule has 0 aliphatic carbocycles. The lowest BCUT2D eigenvalue weighted by Crippen LogP contribution is -2.39. The van der Waals surface area contributed by atoms with Gasteiger partial charge in [0.2, 0.25) is 0 Å². The van der Waals surface area contributed by atoms with Gasteiger partial charge in [0, 0.05) is 25.7 Å². The van der Waals surface area contributed by atoms with Crippen molar-refractivity contribution in [2.24, 2.45) is 0 Å². The van der Waals surface area contributed by atoms with Crippen LogP contribution in [-0.4, -0.2) is 53.3 Å². The van der Waals surface area contributed by atoms with E-state index in [4.69, 9.17) is 4.74 Å². The molecule has 1 aromatic heterocycles. The van der Waals surface area contributed by atoms with Crippen molar-refractivity contribution in [2.45, 2.75) is 43.9 Å². The number of fused-ring (bicyclic) bond motifs is 1. The number of hydrogen-bond acceptors (Lipinski definition) is 4. The summed E-state index contributed by atoms with van der Waals surface area (Å²) >= 11 is 0. The van der Waals surface area contributed by atoms with Crippen molar-refractivity contribution in [1.29, 1.82) is 0 Å². The Labute approximate surface area is 120 Å². The van der Waals surface area contributed by atoms with Crippen molar-refractivity contribution in [2.75, 3.05) is 32.8 Å². The fraction of sp³-hybridized carbons (Fsp3) is 0.800. The third-order valence-corrected chi connectivity index (χ3v) is 5.13. The molecule has 0 bridgehead atoms. The van der Waals surface area contributed by atoms with E-state index in [-0.39, 0.29) is 6.10 Å². The van der Waals surface area contributed by atoms with Crippen LogP contribution >= 0.6 is 0 Å². The molecule has 4 heterocycles. The predicted molar refractivity (Wildman–Crippen MR) is 76.7 cm³/mol. The third-order valence-electron chi connectivity index (χ3n) is 5.13. The fourth-order valence-corrected chi connectivity index (χ4v) is 4.14. The standard InChI is InChI=1S/C15H24N4O/c1-2-6-18-7-4-13(12(18)3-1)19-11-17-9-14(19)15-10-16-5-8-20-15/h9,11-13,15-16H,1-8,10H2. The van der Waals surface area contributed by atoms with Gasteiger partial charge in [-0.05, 0) is 25.8 Å². The number of aromatic nitrogens is 2. The maximum absolute atomic E-state index is 5.92. The predicted octanol–water partition coefficient (Wildman–Crippen LogP) is 1.34. The highest BCUT2D eigenvalue weighted by Gasteiger charge is 2.37. The number of rotatable bonds is 2. The number of nitrogens with one attached hydrogen (secondary N) is 1. The molecular formula is C15H24N4O. The van der Waals surface area contributed by atoms with E-state index < -0.39 is 0 Å². The summed E-state index contributed by atoms with van der Waals surface area (Å²) in [6.45, 7) is 5.21. The number of imidazole rings is 1. The van der Waals surface area contributed by atoms with Gasteiger partial charge in [0.15, 0.2) is 0 Å². The molecule has 3 unspecified atom stereocenters. The molecule has 0 saturated carbocycles. The van der Waals surface area contributed by atoms with Gasteiger partial charge in [-0.15, -0.1) is 0 Å². The van der Waals surface area contributed by atoms with Crippen molar-refractivity contribution in [3.63, 3.8) is 0 Å². The lowest BCUT2D eigenvalue weighted by atomic mass is 9.98. The van der Waals surface area contributed by atoms with Gasteiger partial charge in [-0.25, -0.2) is 4.98 Å². The lowest BCUT2D eigenvalue weighted by molar-refractivity contribution is 0.0211. The van der Waals surface area contributed by atoms with E-state index in [1.165, 1.54) is 44.5 Å². The average Bonchev–Trinajstić information content (AvgIpc) is 3.14. The second-order valence-electron chi connectivity index (χ2n) is 6.24. The SMILES string of the molecule is c1ncn(C2CCN3CCCCC23)c1C1CNCCO1. The minimum Gasteiger partial charge on any atom is -0.369 e. The molecule has 110 valence electrons. The molecule has 0 aromatic carbocycles. The van der Waals surface area contributed by atoms with E-state index >= 15 is 0 Å². The van der Waals surface area contributed by atoms with E-state index in [0.717, 1.165) is 19.7 Å². The van der Waals surface area contributed by atoms with Gasteiger partial charge >= 0.3 is 0 Å². The van der Waals surface area contributed by atoms with Gasteiger partial charge < -0.3 is 14.6 Å². The molecule has 0 amide bonds. The molecule has 3 fully saturated rings. The van der Waals surface area contributed by atoms with Crippen LogP contribution in [0.1, 0.15) is 43.5 Å². The average molecular weight is 276 g/mol. The molecule has 0 spiro atoms. The van der Waals surface area contributed by atoms with Crippen LogP contribution in [0.3, 0.4) is 0 Å². The zero-order valence-electron chi connectivity index (χ0n) is 12.0. The van der Waals surface area contributed by atoms with Crippen LogP contribution in [0, 0.1) is 0 Å².